The second-order valence-corrected chi connectivity index (χ2v) is 4.60. The summed E-state index contributed by atoms with van der Waals surface area (Å²) in [5.74, 6) is -0.568. The summed E-state index contributed by atoms with van der Waals surface area (Å²) in [6.07, 6.45) is 1.61. The predicted molar refractivity (Wildman–Crippen MR) is 72.3 cm³/mol. The molecular weight excluding hydrogens is 304 g/mol. The molecule has 0 aromatic carbocycles. The van der Waals surface area contributed by atoms with Gasteiger partial charge in [-0.15, -0.1) is 0 Å². The van der Waals surface area contributed by atoms with Gasteiger partial charge in [0.05, 0.1) is 18.6 Å². The number of ether oxygens (including phenoxy) is 2. The van der Waals surface area contributed by atoms with Crippen LogP contribution in [0.1, 0.15) is 6.42 Å². The first kappa shape index (κ1) is 15.4. The molecular formula is C11H13ClN4O5. The zero-order chi connectivity index (χ0) is 15.4. The van der Waals surface area contributed by atoms with Crippen molar-refractivity contribution in [3.8, 4) is 0 Å². The first-order valence-electron chi connectivity index (χ1n) is 6.13. The van der Waals surface area contributed by atoms with Crippen molar-refractivity contribution >= 4 is 29.1 Å². The third-order valence-corrected chi connectivity index (χ3v) is 3.18. The molecule has 0 N–H and O–H groups in total. The van der Waals surface area contributed by atoms with Crippen LogP contribution in [0.25, 0.3) is 0 Å². The molecule has 1 aromatic rings. The lowest BCUT2D eigenvalue weighted by Crippen LogP contribution is -2.45. The van der Waals surface area contributed by atoms with Crippen LogP contribution in [0.2, 0.25) is 5.28 Å². The van der Waals surface area contributed by atoms with Gasteiger partial charge in [0.15, 0.2) is 6.04 Å². The normalized spacial score (nSPS) is 19.0. The summed E-state index contributed by atoms with van der Waals surface area (Å²) < 4.78 is 10.0. The summed E-state index contributed by atoms with van der Waals surface area (Å²) >= 11 is 5.72. The Morgan fingerprint density at radius 3 is 3.10 bits per heavy atom. The van der Waals surface area contributed by atoms with Crippen LogP contribution in [-0.2, 0) is 14.3 Å². The van der Waals surface area contributed by atoms with Gasteiger partial charge in [0, 0.05) is 13.2 Å². The van der Waals surface area contributed by atoms with Crippen molar-refractivity contribution in [2.24, 2.45) is 0 Å². The first-order valence-corrected chi connectivity index (χ1v) is 6.51. The molecule has 1 aliphatic heterocycles. The van der Waals surface area contributed by atoms with Crippen LogP contribution in [0.3, 0.4) is 0 Å². The molecule has 21 heavy (non-hydrogen) atoms. The minimum atomic E-state index is -0.817. The van der Waals surface area contributed by atoms with Gasteiger partial charge in [0.25, 0.3) is 0 Å². The smallest absolute Gasteiger partial charge is 0.330 e. The molecule has 1 fully saturated rings. The van der Waals surface area contributed by atoms with Crippen molar-refractivity contribution in [2.75, 3.05) is 31.8 Å². The van der Waals surface area contributed by atoms with E-state index in [1.807, 2.05) is 0 Å². The van der Waals surface area contributed by atoms with Gasteiger partial charge < -0.3 is 14.4 Å². The molecule has 1 atom stereocenters. The SMILES string of the molecule is COC(=O)C1COCCCN1c1nc(Cl)ncc1[N+](=O)[O-]. The topological polar surface area (TPSA) is 108 Å². The number of nitro groups is 1. The van der Waals surface area contributed by atoms with E-state index < -0.39 is 16.9 Å². The molecule has 0 saturated carbocycles. The Morgan fingerprint density at radius 1 is 1.67 bits per heavy atom. The van der Waals surface area contributed by atoms with Crippen molar-refractivity contribution in [3.05, 3.63) is 21.6 Å². The molecule has 0 aliphatic carbocycles. The van der Waals surface area contributed by atoms with Gasteiger partial charge in [-0.05, 0) is 18.0 Å². The Balaban J connectivity index is 2.46. The van der Waals surface area contributed by atoms with Gasteiger partial charge in [-0.3, -0.25) is 10.1 Å². The quantitative estimate of drug-likeness (QED) is 0.349. The third kappa shape index (κ3) is 3.37. The molecule has 10 heteroatoms. The Hall–Kier alpha value is -2.00. The highest BCUT2D eigenvalue weighted by atomic mass is 35.5. The van der Waals surface area contributed by atoms with Crippen molar-refractivity contribution in [1.29, 1.82) is 0 Å². The van der Waals surface area contributed by atoms with Crippen molar-refractivity contribution in [3.63, 3.8) is 0 Å². The van der Waals surface area contributed by atoms with Crippen LogP contribution >= 0.6 is 11.6 Å². The molecule has 114 valence electrons. The molecule has 2 heterocycles. The molecule has 0 spiro atoms. The number of rotatable bonds is 3. The number of anilines is 1. The van der Waals surface area contributed by atoms with Crippen LogP contribution in [0, 0.1) is 10.1 Å². The van der Waals surface area contributed by atoms with Crippen molar-refractivity contribution in [2.45, 2.75) is 12.5 Å². The number of carbonyl (C=O) groups is 1. The zero-order valence-electron chi connectivity index (χ0n) is 11.2. The highest BCUT2D eigenvalue weighted by Crippen LogP contribution is 2.29. The fourth-order valence-electron chi connectivity index (χ4n) is 2.05. The summed E-state index contributed by atoms with van der Waals surface area (Å²) in [5, 5.41) is 11.0. The van der Waals surface area contributed by atoms with Gasteiger partial charge in [0.2, 0.25) is 11.1 Å². The first-order chi connectivity index (χ1) is 10.0. The number of hydrogen-bond acceptors (Lipinski definition) is 8. The standard InChI is InChI=1S/C11H13ClN4O5/c1-20-10(17)8-6-21-4-2-3-15(8)9-7(16(18)19)5-13-11(12)14-9/h5,8H,2-4,6H2,1H3. The average molecular weight is 317 g/mol. The summed E-state index contributed by atoms with van der Waals surface area (Å²) in [6, 6.07) is -0.817. The molecule has 1 saturated heterocycles. The number of carbonyl (C=O) groups excluding carboxylic acids is 1. The molecule has 0 radical (unpaired) electrons. The fourth-order valence-corrected chi connectivity index (χ4v) is 2.18. The average Bonchev–Trinajstić information content (AvgIpc) is 2.71. The largest absolute Gasteiger partial charge is 0.467 e. The van der Waals surface area contributed by atoms with E-state index in [0.29, 0.717) is 19.6 Å². The maximum Gasteiger partial charge on any atom is 0.330 e. The van der Waals surface area contributed by atoms with E-state index in [4.69, 9.17) is 21.1 Å². The van der Waals surface area contributed by atoms with E-state index >= 15 is 0 Å². The van der Waals surface area contributed by atoms with Gasteiger partial charge in [-0.1, -0.05) is 0 Å². The number of methoxy groups -OCH3 is 1. The molecule has 0 bridgehead atoms. The maximum atomic E-state index is 11.9. The lowest BCUT2D eigenvalue weighted by molar-refractivity contribution is -0.384. The molecule has 0 amide bonds. The van der Waals surface area contributed by atoms with Crippen molar-refractivity contribution < 1.29 is 19.2 Å². The molecule has 9 nitrogen and oxygen atoms in total. The highest BCUT2D eigenvalue weighted by Gasteiger charge is 2.34. The predicted octanol–water partition coefficient (Wildman–Crippen LogP) is 0.806. The lowest BCUT2D eigenvalue weighted by atomic mass is 10.2. The summed E-state index contributed by atoms with van der Waals surface area (Å²) in [6.45, 7) is 0.857. The summed E-state index contributed by atoms with van der Waals surface area (Å²) in [4.78, 5) is 31.4. The van der Waals surface area contributed by atoms with E-state index in [0.717, 1.165) is 6.20 Å². The van der Waals surface area contributed by atoms with Gasteiger partial charge in [-0.2, -0.15) is 4.98 Å². The van der Waals surface area contributed by atoms with Crippen LogP contribution in [-0.4, -0.2) is 53.8 Å². The van der Waals surface area contributed by atoms with Crippen LogP contribution in [0.4, 0.5) is 11.5 Å². The summed E-state index contributed by atoms with van der Waals surface area (Å²) in [7, 11) is 1.24. The Bertz CT molecular complexity index is 555. The third-order valence-electron chi connectivity index (χ3n) is 3.00. The number of esters is 1. The van der Waals surface area contributed by atoms with E-state index in [1.165, 1.54) is 12.0 Å². The summed E-state index contributed by atoms with van der Waals surface area (Å²) in [5.41, 5.74) is -0.324. The maximum absolute atomic E-state index is 11.9. The van der Waals surface area contributed by atoms with E-state index in [2.05, 4.69) is 9.97 Å². The van der Waals surface area contributed by atoms with E-state index in [1.54, 1.807) is 0 Å². The Morgan fingerprint density at radius 2 is 2.43 bits per heavy atom. The monoisotopic (exact) mass is 316 g/mol. The lowest BCUT2D eigenvalue weighted by Gasteiger charge is -2.27. The van der Waals surface area contributed by atoms with Crippen molar-refractivity contribution in [1.82, 2.24) is 9.97 Å². The minimum Gasteiger partial charge on any atom is -0.467 e. The Kier molecular flexibility index (Phi) is 4.86. The van der Waals surface area contributed by atoms with Crippen LogP contribution in [0.5, 0.6) is 0 Å². The molecule has 2 rings (SSSR count). The number of halogens is 1. The molecule has 1 unspecified atom stereocenters. The molecule has 1 aromatic heterocycles. The van der Waals surface area contributed by atoms with Crippen LogP contribution < -0.4 is 4.90 Å². The Labute approximate surface area is 125 Å². The van der Waals surface area contributed by atoms with E-state index in [-0.39, 0.29) is 23.4 Å². The second kappa shape index (κ2) is 6.64. The zero-order valence-corrected chi connectivity index (χ0v) is 11.9. The minimum absolute atomic E-state index is 0.0131. The highest BCUT2D eigenvalue weighted by molar-refractivity contribution is 6.28. The van der Waals surface area contributed by atoms with E-state index in [9.17, 15) is 14.9 Å². The number of hydrogen-bond donors (Lipinski definition) is 0. The van der Waals surface area contributed by atoms with Gasteiger partial charge in [-0.25, -0.2) is 9.78 Å². The van der Waals surface area contributed by atoms with Crippen LogP contribution in [0.15, 0.2) is 6.20 Å². The molecule has 1 aliphatic rings. The van der Waals surface area contributed by atoms with Gasteiger partial charge >= 0.3 is 11.7 Å². The second-order valence-electron chi connectivity index (χ2n) is 4.27. The van der Waals surface area contributed by atoms with Gasteiger partial charge in [0.1, 0.15) is 6.20 Å². The fraction of sp³-hybridized carbons (Fsp3) is 0.545. The number of aromatic nitrogens is 2. The number of nitrogens with zero attached hydrogens (tertiary/aromatic N) is 4.